The molecule has 0 spiro atoms. The van der Waals surface area contributed by atoms with Crippen molar-refractivity contribution in [2.24, 2.45) is 0 Å². The minimum atomic E-state index is -0.108. The Bertz CT molecular complexity index is 804. The van der Waals surface area contributed by atoms with Crippen LogP contribution < -0.4 is 5.43 Å². The first kappa shape index (κ1) is 12.0. The zero-order chi connectivity index (χ0) is 13.4. The van der Waals surface area contributed by atoms with Crippen molar-refractivity contribution in [2.45, 2.75) is 0 Å². The number of hydrogen-bond donors (Lipinski definition) is 1. The Morgan fingerprint density at radius 2 is 1.79 bits per heavy atom. The van der Waals surface area contributed by atoms with E-state index in [4.69, 9.17) is 4.42 Å². The predicted octanol–water partition coefficient (Wildman–Crippen LogP) is 3.93. The largest absolute Gasteiger partial charge is 0.508 e. The van der Waals surface area contributed by atoms with E-state index in [1.54, 1.807) is 6.07 Å². The Morgan fingerprint density at radius 1 is 1.05 bits per heavy atom. The quantitative estimate of drug-likeness (QED) is 0.740. The lowest BCUT2D eigenvalue weighted by Crippen LogP contribution is -2.04. The van der Waals surface area contributed by atoms with E-state index < -0.39 is 0 Å². The lowest BCUT2D eigenvalue weighted by atomic mass is 10.1. The second-order valence-electron chi connectivity index (χ2n) is 4.17. The summed E-state index contributed by atoms with van der Waals surface area (Å²) >= 11 is 3.35. The smallest absolute Gasteiger partial charge is 0.200 e. The van der Waals surface area contributed by atoms with Crippen LogP contribution in [0, 0.1) is 0 Å². The molecule has 3 rings (SSSR count). The van der Waals surface area contributed by atoms with Crippen LogP contribution in [0.25, 0.3) is 22.1 Å². The summed E-state index contributed by atoms with van der Waals surface area (Å²) in [6.45, 7) is 0. The molecule has 94 valence electrons. The van der Waals surface area contributed by atoms with Gasteiger partial charge in [-0.2, -0.15) is 0 Å². The number of phenolic OH excluding ortho intramolecular Hbond substituents is 1. The van der Waals surface area contributed by atoms with Crippen molar-refractivity contribution in [2.75, 3.05) is 0 Å². The first-order chi connectivity index (χ1) is 9.15. The number of halogens is 1. The first-order valence-electron chi connectivity index (χ1n) is 5.65. The Hall–Kier alpha value is -2.07. The van der Waals surface area contributed by atoms with Crippen LogP contribution in [0.4, 0.5) is 0 Å². The van der Waals surface area contributed by atoms with Gasteiger partial charge in [-0.3, -0.25) is 4.79 Å². The van der Waals surface area contributed by atoms with Crippen LogP contribution in [0.3, 0.4) is 0 Å². The van der Waals surface area contributed by atoms with Crippen molar-refractivity contribution < 1.29 is 9.52 Å². The van der Waals surface area contributed by atoms with Gasteiger partial charge in [-0.15, -0.1) is 0 Å². The van der Waals surface area contributed by atoms with Crippen molar-refractivity contribution >= 4 is 26.9 Å². The van der Waals surface area contributed by atoms with E-state index in [0.29, 0.717) is 16.5 Å². The molecule has 4 heteroatoms. The highest BCUT2D eigenvalue weighted by atomic mass is 79.9. The maximum atomic E-state index is 12.4. The van der Waals surface area contributed by atoms with Gasteiger partial charge in [0.15, 0.2) is 5.43 Å². The molecule has 0 saturated carbocycles. The molecule has 0 radical (unpaired) electrons. The summed E-state index contributed by atoms with van der Waals surface area (Å²) in [6.07, 6.45) is 1.42. The van der Waals surface area contributed by atoms with E-state index in [1.807, 2.05) is 24.3 Å². The second-order valence-corrected chi connectivity index (χ2v) is 5.08. The van der Waals surface area contributed by atoms with Crippen molar-refractivity contribution in [3.05, 3.63) is 63.4 Å². The van der Waals surface area contributed by atoms with Crippen LogP contribution >= 0.6 is 15.9 Å². The van der Waals surface area contributed by atoms with Crippen molar-refractivity contribution in [1.82, 2.24) is 0 Å². The molecule has 0 atom stereocenters. The molecular formula is C15H9BrO3. The van der Waals surface area contributed by atoms with Gasteiger partial charge in [0.05, 0.1) is 10.9 Å². The normalized spacial score (nSPS) is 10.8. The average molecular weight is 317 g/mol. The fourth-order valence-electron chi connectivity index (χ4n) is 1.95. The molecule has 0 saturated heterocycles. The van der Waals surface area contributed by atoms with Gasteiger partial charge in [-0.05, 0) is 29.8 Å². The van der Waals surface area contributed by atoms with Gasteiger partial charge in [0, 0.05) is 10.5 Å². The fourth-order valence-corrected chi connectivity index (χ4v) is 2.21. The molecule has 0 aliphatic rings. The van der Waals surface area contributed by atoms with E-state index in [-0.39, 0.29) is 11.2 Å². The fraction of sp³-hybridized carbons (Fsp3) is 0. The van der Waals surface area contributed by atoms with Gasteiger partial charge < -0.3 is 9.52 Å². The number of rotatable bonds is 1. The summed E-state index contributed by atoms with van der Waals surface area (Å²) in [6, 6.07) is 11.9. The monoisotopic (exact) mass is 316 g/mol. The predicted molar refractivity (Wildman–Crippen MR) is 77.3 cm³/mol. The summed E-state index contributed by atoms with van der Waals surface area (Å²) < 4.78 is 6.37. The minimum absolute atomic E-state index is 0.0760. The molecule has 1 aromatic heterocycles. The van der Waals surface area contributed by atoms with Crippen molar-refractivity contribution in [3.8, 4) is 16.9 Å². The number of aromatic hydroxyl groups is 1. The van der Waals surface area contributed by atoms with Crippen LogP contribution in [-0.4, -0.2) is 5.11 Å². The van der Waals surface area contributed by atoms with Crippen molar-refractivity contribution in [3.63, 3.8) is 0 Å². The second kappa shape index (κ2) is 4.55. The van der Waals surface area contributed by atoms with E-state index in [2.05, 4.69) is 15.9 Å². The van der Waals surface area contributed by atoms with Crippen LogP contribution in [0.2, 0.25) is 0 Å². The molecule has 0 fully saturated rings. The van der Waals surface area contributed by atoms with E-state index in [0.717, 1.165) is 10.0 Å². The van der Waals surface area contributed by atoms with E-state index in [1.165, 1.54) is 18.4 Å². The number of fused-ring (bicyclic) bond motifs is 1. The molecule has 3 nitrogen and oxygen atoms in total. The van der Waals surface area contributed by atoms with Crippen LogP contribution in [-0.2, 0) is 0 Å². The molecule has 0 bridgehead atoms. The molecule has 19 heavy (non-hydrogen) atoms. The van der Waals surface area contributed by atoms with Gasteiger partial charge in [0.2, 0.25) is 0 Å². The Balaban J connectivity index is 2.26. The topological polar surface area (TPSA) is 50.4 Å². The van der Waals surface area contributed by atoms with Crippen LogP contribution in [0.1, 0.15) is 0 Å². The average Bonchev–Trinajstić information content (AvgIpc) is 2.40. The van der Waals surface area contributed by atoms with Crippen LogP contribution in [0.5, 0.6) is 5.75 Å². The molecular weight excluding hydrogens is 308 g/mol. The molecule has 3 aromatic rings. The minimum Gasteiger partial charge on any atom is -0.508 e. The van der Waals surface area contributed by atoms with E-state index >= 15 is 0 Å². The molecule has 0 unspecified atom stereocenters. The van der Waals surface area contributed by atoms with Gasteiger partial charge in [-0.1, -0.05) is 28.1 Å². The van der Waals surface area contributed by atoms with Crippen molar-refractivity contribution in [1.29, 1.82) is 0 Å². The Morgan fingerprint density at radius 3 is 2.53 bits per heavy atom. The molecule has 0 amide bonds. The number of phenols is 1. The molecule has 1 N–H and O–H groups in total. The Kier molecular flexibility index (Phi) is 2.87. The molecule has 0 aliphatic heterocycles. The van der Waals surface area contributed by atoms with Gasteiger partial charge >= 0.3 is 0 Å². The number of hydrogen-bond acceptors (Lipinski definition) is 3. The lowest BCUT2D eigenvalue weighted by Gasteiger charge is -2.03. The zero-order valence-electron chi connectivity index (χ0n) is 9.76. The number of benzene rings is 2. The third-order valence-electron chi connectivity index (χ3n) is 2.91. The standard InChI is InChI=1S/C15H9BrO3/c16-10-3-1-9(2-4-10)13-8-19-14-7-11(17)5-6-12(14)15(13)18/h1-8,17H. The SMILES string of the molecule is O=c1c(-c2ccc(Br)cc2)coc2cc(O)ccc12. The third-order valence-corrected chi connectivity index (χ3v) is 3.44. The molecule has 2 aromatic carbocycles. The summed E-state index contributed by atoms with van der Waals surface area (Å²) in [4.78, 5) is 12.4. The third kappa shape index (κ3) is 2.15. The Labute approximate surface area is 117 Å². The summed E-state index contributed by atoms with van der Waals surface area (Å²) in [5.41, 5.74) is 1.58. The summed E-state index contributed by atoms with van der Waals surface area (Å²) in [7, 11) is 0. The lowest BCUT2D eigenvalue weighted by molar-refractivity contribution is 0.474. The van der Waals surface area contributed by atoms with Gasteiger partial charge in [0.1, 0.15) is 17.6 Å². The maximum absolute atomic E-state index is 12.4. The highest BCUT2D eigenvalue weighted by molar-refractivity contribution is 9.10. The van der Waals surface area contributed by atoms with Gasteiger partial charge in [-0.25, -0.2) is 0 Å². The maximum Gasteiger partial charge on any atom is 0.200 e. The van der Waals surface area contributed by atoms with E-state index in [9.17, 15) is 9.90 Å². The summed E-state index contributed by atoms with van der Waals surface area (Å²) in [5.74, 6) is 0.0760. The first-order valence-corrected chi connectivity index (χ1v) is 6.45. The molecule has 0 aliphatic carbocycles. The highest BCUT2D eigenvalue weighted by Crippen LogP contribution is 2.23. The van der Waals surface area contributed by atoms with Gasteiger partial charge in [0.25, 0.3) is 0 Å². The molecule has 1 heterocycles. The summed E-state index contributed by atoms with van der Waals surface area (Å²) in [5, 5.41) is 9.83. The van der Waals surface area contributed by atoms with Crippen LogP contribution in [0.15, 0.2) is 62.4 Å². The zero-order valence-corrected chi connectivity index (χ0v) is 11.3. The highest BCUT2D eigenvalue weighted by Gasteiger charge is 2.09.